The first-order valence-corrected chi connectivity index (χ1v) is 11.9. The Kier molecular flexibility index (Phi) is 7.50. The Labute approximate surface area is 179 Å². The predicted molar refractivity (Wildman–Crippen MR) is 117 cm³/mol. The third kappa shape index (κ3) is 5.40. The Balaban J connectivity index is 1.61. The maximum absolute atomic E-state index is 13.1. The van der Waals surface area contributed by atoms with Crippen LogP contribution in [0.5, 0.6) is 5.75 Å². The van der Waals surface area contributed by atoms with Crippen molar-refractivity contribution >= 4 is 15.9 Å². The van der Waals surface area contributed by atoms with E-state index in [1.54, 1.807) is 18.2 Å². The van der Waals surface area contributed by atoms with Crippen LogP contribution >= 0.6 is 0 Å². The molecule has 0 aromatic heterocycles. The fourth-order valence-electron chi connectivity index (χ4n) is 3.74. The molecule has 0 aliphatic carbocycles. The minimum atomic E-state index is -3.65. The molecule has 1 aliphatic rings. The molecule has 0 spiro atoms. The monoisotopic (exact) mass is 430 g/mol. The third-order valence-corrected chi connectivity index (χ3v) is 7.26. The minimum absolute atomic E-state index is 0.0753. The number of piperidine rings is 1. The van der Waals surface area contributed by atoms with Gasteiger partial charge in [-0.25, -0.2) is 8.42 Å². The number of sulfonamides is 1. The van der Waals surface area contributed by atoms with E-state index in [4.69, 9.17) is 4.74 Å². The Hall–Kier alpha value is -2.38. The topological polar surface area (TPSA) is 75.7 Å². The molecule has 2 aromatic rings. The molecule has 0 radical (unpaired) electrons. The number of hydrogen-bond acceptors (Lipinski definition) is 4. The van der Waals surface area contributed by atoms with E-state index in [-0.39, 0.29) is 23.3 Å². The molecule has 1 heterocycles. The van der Waals surface area contributed by atoms with Crippen LogP contribution in [-0.4, -0.2) is 44.9 Å². The van der Waals surface area contributed by atoms with Crippen molar-refractivity contribution in [1.29, 1.82) is 0 Å². The first-order valence-electron chi connectivity index (χ1n) is 10.5. The van der Waals surface area contributed by atoms with Crippen LogP contribution < -0.4 is 10.1 Å². The molecule has 0 saturated carbocycles. The third-order valence-electron chi connectivity index (χ3n) is 5.39. The molecule has 7 heteroatoms. The van der Waals surface area contributed by atoms with E-state index in [0.29, 0.717) is 38.3 Å². The summed E-state index contributed by atoms with van der Waals surface area (Å²) in [5.74, 6) is 0.285. The zero-order valence-electron chi connectivity index (χ0n) is 17.6. The first-order chi connectivity index (χ1) is 14.4. The Morgan fingerprint density at radius 3 is 2.67 bits per heavy atom. The minimum Gasteiger partial charge on any atom is -0.494 e. The highest BCUT2D eigenvalue weighted by Crippen LogP contribution is 2.27. The highest BCUT2D eigenvalue weighted by Gasteiger charge is 2.33. The Bertz CT molecular complexity index is 960. The van der Waals surface area contributed by atoms with E-state index >= 15 is 0 Å². The van der Waals surface area contributed by atoms with E-state index in [9.17, 15) is 13.2 Å². The lowest BCUT2D eigenvalue weighted by molar-refractivity contribution is -0.126. The van der Waals surface area contributed by atoms with Crippen LogP contribution in [0.3, 0.4) is 0 Å². The highest BCUT2D eigenvalue weighted by molar-refractivity contribution is 7.89. The summed E-state index contributed by atoms with van der Waals surface area (Å²) in [7, 11) is -3.65. The van der Waals surface area contributed by atoms with Crippen LogP contribution in [0.1, 0.15) is 30.9 Å². The predicted octanol–water partition coefficient (Wildman–Crippen LogP) is 3.15. The standard InChI is InChI=1S/C23H30N2O4S/c1-3-29-22-12-11-21(16-18(22)2)30(27,28)25-15-7-10-20(17-25)23(26)24-14-13-19-8-5-4-6-9-19/h4-6,8-9,11-12,16,20H,3,7,10,13-15,17H2,1-2H3,(H,24,26)/t20-/m1/s1. The summed E-state index contributed by atoms with van der Waals surface area (Å²) < 4.78 is 33.2. The zero-order valence-corrected chi connectivity index (χ0v) is 18.5. The van der Waals surface area contributed by atoms with Gasteiger partial charge in [0.15, 0.2) is 0 Å². The quantitative estimate of drug-likeness (QED) is 0.698. The molecule has 1 atom stereocenters. The molecule has 30 heavy (non-hydrogen) atoms. The van der Waals surface area contributed by atoms with Crippen molar-refractivity contribution in [3.8, 4) is 5.75 Å². The van der Waals surface area contributed by atoms with Crippen molar-refractivity contribution < 1.29 is 17.9 Å². The zero-order chi connectivity index (χ0) is 21.6. The van der Waals surface area contributed by atoms with E-state index in [2.05, 4.69) is 5.32 Å². The largest absolute Gasteiger partial charge is 0.494 e. The lowest BCUT2D eigenvalue weighted by Crippen LogP contribution is -2.45. The second-order valence-corrected chi connectivity index (χ2v) is 9.53. The van der Waals surface area contributed by atoms with Gasteiger partial charge in [-0.15, -0.1) is 0 Å². The van der Waals surface area contributed by atoms with Crippen molar-refractivity contribution in [3.05, 3.63) is 59.7 Å². The van der Waals surface area contributed by atoms with E-state index in [0.717, 1.165) is 17.5 Å². The van der Waals surface area contributed by atoms with Gasteiger partial charge >= 0.3 is 0 Å². The van der Waals surface area contributed by atoms with E-state index in [1.807, 2.05) is 44.2 Å². The average molecular weight is 431 g/mol. The van der Waals surface area contributed by atoms with Crippen LogP contribution in [0, 0.1) is 12.8 Å². The number of carbonyl (C=O) groups is 1. The summed E-state index contributed by atoms with van der Waals surface area (Å²) in [4.78, 5) is 12.9. The average Bonchev–Trinajstić information content (AvgIpc) is 2.76. The van der Waals surface area contributed by atoms with Gasteiger partial charge in [-0.1, -0.05) is 30.3 Å². The number of nitrogens with one attached hydrogen (secondary N) is 1. The van der Waals surface area contributed by atoms with Gasteiger partial charge in [0.1, 0.15) is 5.75 Å². The summed E-state index contributed by atoms with van der Waals surface area (Å²) in [6, 6.07) is 14.9. The van der Waals surface area contributed by atoms with Gasteiger partial charge in [0, 0.05) is 19.6 Å². The van der Waals surface area contributed by atoms with Gasteiger partial charge in [0.05, 0.1) is 17.4 Å². The van der Waals surface area contributed by atoms with Crippen LogP contribution in [0.2, 0.25) is 0 Å². The number of benzene rings is 2. The maximum Gasteiger partial charge on any atom is 0.243 e. The van der Waals surface area contributed by atoms with Crippen LogP contribution in [0.15, 0.2) is 53.4 Å². The molecular weight excluding hydrogens is 400 g/mol. The molecular formula is C23H30N2O4S. The number of aryl methyl sites for hydroxylation is 1. The molecule has 1 saturated heterocycles. The second-order valence-electron chi connectivity index (χ2n) is 7.59. The summed E-state index contributed by atoms with van der Waals surface area (Å²) in [5.41, 5.74) is 1.95. The molecule has 3 rings (SSSR count). The van der Waals surface area contributed by atoms with Crippen molar-refractivity contribution in [2.45, 2.75) is 38.0 Å². The fourth-order valence-corrected chi connectivity index (χ4v) is 5.35. The molecule has 1 amide bonds. The van der Waals surface area contributed by atoms with Gasteiger partial charge in [-0.2, -0.15) is 4.31 Å². The number of hydrogen-bond donors (Lipinski definition) is 1. The van der Waals surface area contributed by atoms with Crippen LogP contribution in [-0.2, 0) is 21.2 Å². The summed E-state index contributed by atoms with van der Waals surface area (Å²) >= 11 is 0. The van der Waals surface area contributed by atoms with Gasteiger partial charge < -0.3 is 10.1 Å². The molecule has 162 valence electrons. The second kappa shape index (κ2) is 10.1. The molecule has 1 fully saturated rings. The van der Waals surface area contributed by atoms with Gasteiger partial charge in [0.25, 0.3) is 0 Å². The molecule has 6 nitrogen and oxygen atoms in total. The lowest BCUT2D eigenvalue weighted by atomic mass is 9.99. The normalized spacial score (nSPS) is 17.5. The molecule has 1 N–H and O–H groups in total. The SMILES string of the molecule is CCOc1ccc(S(=O)(=O)N2CCC[C@@H](C(=O)NCCc3ccccc3)C2)cc1C. The highest BCUT2D eigenvalue weighted by atomic mass is 32.2. The van der Waals surface area contributed by atoms with E-state index < -0.39 is 10.0 Å². The lowest BCUT2D eigenvalue weighted by Gasteiger charge is -2.31. The summed E-state index contributed by atoms with van der Waals surface area (Å²) in [6.07, 6.45) is 2.13. The van der Waals surface area contributed by atoms with Crippen molar-refractivity contribution in [1.82, 2.24) is 9.62 Å². The van der Waals surface area contributed by atoms with Gasteiger partial charge in [-0.05, 0) is 62.4 Å². The molecule has 2 aromatic carbocycles. The maximum atomic E-state index is 13.1. The Morgan fingerprint density at radius 1 is 1.20 bits per heavy atom. The smallest absolute Gasteiger partial charge is 0.243 e. The molecule has 0 bridgehead atoms. The van der Waals surface area contributed by atoms with Crippen LogP contribution in [0.25, 0.3) is 0 Å². The van der Waals surface area contributed by atoms with Gasteiger partial charge in [-0.3, -0.25) is 4.79 Å². The van der Waals surface area contributed by atoms with Crippen molar-refractivity contribution in [3.63, 3.8) is 0 Å². The molecule has 0 unspecified atom stereocenters. The number of nitrogens with zero attached hydrogens (tertiary/aromatic N) is 1. The number of amides is 1. The molecule has 1 aliphatic heterocycles. The summed E-state index contributed by atoms with van der Waals surface area (Å²) in [6.45, 7) is 5.45. The van der Waals surface area contributed by atoms with Crippen molar-refractivity contribution in [2.75, 3.05) is 26.2 Å². The number of carbonyl (C=O) groups excluding carboxylic acids is 1. The van der Waals surface area contributed by atoms with Gasteiger partial charge in [0.2, 0.25) is 15.9 Å². The fraction of sp³-hybridized carbons (Fsp3) is 0.435. The Morgan fingerprint density at radius 2 is 1.97 bits per heavy atom. The number of rotatable bonds is 8. The number of ether oxygens (including phenoxy) is 1. The summed E-state index contributed by atoms with van der Waals surface area (Å²) in [5, 5.41) is 2.97. The van der Waals surface area contributed by atoms with Crippen molar-refractivity contribution in [2.24, 2.45) is 5.92 Å². The van der Waals surface area contributed by atoms with E-state index in [1.165, 1.54) is 4.31 Å². The van der Waals surface area contributed by atoms with Crippen LogP contribution in [0.4, 0.5) is 0 Å². The first kappa shape index (κ1) is 22.3.